The Kier molecular flexibility index (Phi) is 4.07. The summed E-state index contributed by atoms with van der Waals surface area (Å²) in [6.07, 6.45) is 0. The van der Waals surface area contributed by atoms with Gasteiger partial charge in [0.2, 0.25) is 0 Å². The quantitative estimate of drug-likeness (QED) is 0.636. The minimum absolute atomic E-state index is 0.0335. The van der Waals surface area contributed by atoms with E-state index >= 15 is 0 Å². The Hall–Kier alpha value is -3.48. The lowest BCUT2D eigenvalue weighted by Crippen LogP contribution is -2.00. The molecule has 0 saturated heterocycles. The first-order chi connectivity index (χ1) is 11.5. The first-order valence-electron chi connectivity index (χ1n) is 6.96. The van der Waals surface area contributed by atoms with Gasteiger partial charge in [0.1, 0.15) is 11.6 Å². The second-order valence-electron chi connectivity index (χ2n) is 4.97. The molecule has 0 unspecified atom stereocenters. The number of rotatable bonds is 4. The number of carboxylic acid groups (broad SMARTS) is 1. The number of nitrogens with one attached hydrogen (secondary N) is 1. The van der Waals surface area contributed by atoms with E-state index in [4.69, 9.17) is 5.11 Å². The second-order valence-corrected chi connectivity index (χ2v) is 4.97. The SMILES string of the molecule is O=C(O)c1ccc(O)c(Nc2ccc(-c3ccc(F)cc3)nn2)c1. The zero-order valence-electron chi connectivity index (χ0n) is 12.3. The number of anilines is 2. The molecule has 120 valence electrons. The van der Waals surface area contributed by atoms with Crippen molar-refractivity contribution >= 4 is 17.5 Å². The Morgan fingerprint density at radius 3 is 2.38 bits per heavy atom. The summed E-state index contributed by atoms with van der Waals surface area (Å²) in [5, 5.41) is 29.6. The number of aromatic carboxylic acids is 1. The normalized spacial score (nSPS) is 10.4. The summed E-state index contributed by atoms with van der Waals surface area (Å²) in [5.41, 5.74) is 1.51. The van der Waals surface area contributed by atoms with Crippen LogP contribution in [0.1, 0.15) is 10.4 Å². The number of hydrogen-bond acceptors (Lipinski definition) is 5. The molecule has 0 radical (unpaired) electrons. The molecule has 1 heterocycles. The highest BCUT2D eigenvalue weighted by molar-refractivity contribution is 5.89. The number of aromatic nitrogens is 2. The van der Waals surface area contributed by atoms with E-state index in [2.05, 4.69) is 15.5 Å². The van der Waals surface area contributed by atoms with E-state index in [1.807, 2.05) is 0 Å². The highest BCUT2D eigenvalue weighted by Crippen LogP contribution is 2.27. The van der Waals surface area contributed by atoms with E-state index in [0.29, 0.717) is 17.1 Å². The summed E-state index contributed by atoms with van der Waals surface area (Å²) in [5.74, 6) is -1.21. The Balaban J connectivity index is 1.83. The molecule has 24 heavy (non-hydrogen) atoms. The van der Waals surface area contributed by atoms with Crippen LogP contribution >= 0.6 is 0 Å². The standard InChI is InChI=1S/C17H12FN3O3/c18-12-4-1-10(2-5-12)13-6-8-16(21-20-13)19-14-9-11(17(23)24)3-7-15(14)22/h1-9,22H,(H,19,21)(H,23,24). The Morgan fingerprint density at radius 1 is 1.00 bits per heavy atom. The number of nitrogens with zero attached hydrogens (tertiary/aromatic N) is 2. The number of hydrogen-bond donors (Lipinski definition) is 3. The van der Waals surface area contributed by atoms with Crippen LogP contribution < -0.4 is 5.32 Å². The summed E-state index contributed by atoms with van der Waals surface area (Å²) in [7, 11) is 0. The van der Waals surface area contributed by atoms with Crippen LogP contribution in [0.4, 0.5) is 15.9 Å². The summed E-state index contributed by atoms with van der Waals surface area (Å²) >= 11 is 0. The summed E-state index contributed by atoms with van der Waals surface area (Å²) in [4.78, 5) is 11.0. The van der Waals surface area contributed by atoms with Crippen LogP contribution in [0.15, 0.2) is 54.6 Å². The van der Waals surface area contributed by atoms with Gasteiger partial charge in [-0.1, -0.05) is 0 Å². The number of phenols is 1. The molecule has 0 amide bonds. The van der Waals surface area contributed by atoms with Gasteiger partial charge in [-0.3, -0.25) is 0 Å². The lowest BCUT2D eigenvalue weighted by atomic mass is 10.1. The lowest BCUT2D eigenvalue weighted by molar-refractivity contribution is 0.0697. The molecular weight excluding hydrogens is 313 g/mol. The first kappa shape index (κ1) is 15.4. The van der Waals surface area contributed by atoms with Gasteiger partial charge >= 0.3 is 5.97 Å². The fourth-order valence-corrected chi connectivity index (χ4v) is 2.08. The topological polar surface area (TPSA) is 95.3 Å². The van der Waals surface area contributed by atoms with E-state index in [-0.39, 0.29) is 22.8 Å². The average molecular weight is 325 g/mol. The van der Waals surface area contributed by atoms with Gasteiger partial charge in [0, 0.05) is 5.56 Å². The maximum Gasteiger partial charge on any atom is 0.335 e. The molecule has 0 fully saturated rings. The molecule has 0 spiro atoms. The molecule has 0 aliphatic heterocycles. The van der Waals surface area contributed by atoms with Gasteiger partial charge in [0.05, 0.1) is 16.9 Å². The van der Waals surface area contributed by atoms with Crippen molar-refractivity contribution in [2.24, 2.45) is 0 Å². The van der Waals surface area contributed by atoms with E-state index < -0.39 is 5.97 Å². The molecule has 3 rings (SSSR count). The van der Waals surface area contributed by atoms with Crippen molar-refractivity contribution in [2.45, 2.75) is 0 Å². The smallest absolute Gasteiger partial charge is 0.335 e. The maximum atomic E-state index is 12.9. The Morgan fingerprint density at radius 2 is 1.75 bits per heavy atom. The number of carboxylic acids is 1. The van der Waals surface area contributed by atoms with Crippen LogP contribution in [-0.2, 0) is 0 Å². The van der Waals surface area contributed by atoms with Crippen molar-refractivity contribution in [3.8, 4) is 17.0 Å². The van der Waals surface area contributed by atoms with E-state index in [1.165, 1.54) is 30.3 Å². The van der Waals surface area contributed by atoms with Crippen molar-refractivity contribution < 1.29 is 19.4 Å². The number of halogens is 1. The van der Waals surface area contributed by atoms with Crippen LogP contribution in [-0.4, -0.2) is 26.4 Å². The summed E-state index contributed by atoms with van der Waals surface area (Å²) < 4.78 is 12.9. The molecule has 0 aliphatic rings. The highest BCUT2D eigenvalue weighted by Gasteiger charge is 2.09. The zero-order chi connectivity index (χ0) is 17.1. The van der Waals surface area contributed by atoms with Crippen LogP contribution in [0.5, 0.6) is 5.75 Å². The van der Waals surface area contributed by atoms with Gasteiger partial charge < -0.3 is 15.5 Å². The predicted molar refractivity (Wildman–Crippen MR) is 85.8 cm³/mol. The fraction of sp³-hybridized carbons (Fsp3) is 0. The third-order valence-electron chi connectivity index (χ3n) is 3.31. The molecule has 0 aliphatic carbocycles. The molecule has 0 bridgehead atoms. The third-order valence-corrected chi connectivity index (χ3v) is 3.31. The molecule has 1 aromatic heterocycles. The van der Waals surface area contributed by atoms with Crippen molar-refractivity contribution in [1.29, 1.82) is 0 Å². The van der Waals surface area contributed by atoms with Gasteiger partial charge in [-0.05, 0) is 54.6 Å². The van der Waals surface area contributed by atoms with Gasteiger partial charge in [-0.2, -0.15) is 0 Å². The molecule has 3 aromatic rings. The van der Waals surface area contributed by atoms with Crippen molar-refractivity contribution in [2.75, 3.05) is 5.32 Å². The molecule has 6 nitrogen and oxygen atoms in total. The molecule has 0 saturated carbocycles. The molecule has 0 atom stereocenters. The summed E-state index contributed by atoms with van der Waals surface area (Å²) in [6, 6.07) is 13.0. The zero-order valence-corrected chi connectivity index (χ0v) is 12.3. The fourth-order valence-electron chi connectivity index (χ4n) is 2.08. The number of benzene rings is 2. The van der Waals surface area contributed by atoms with Gasteiger partial charge in [0.15, 0.2) is 5.82 Å². The summed E-state index contributed by atoms with van der Waals surface area (Å²) in [6.45, 7) is 0. The van der Waals surface area contributed by atoms with Crippen molar-refractivity contribution in [3.05, 3.63) is 66.0 Å². The van der Waals surface area contributed by atoms with Gasteiger partial charge in [-0.25, -0.2) is 9.18 Å². The van der Waals surface area contributed by atoms with Gasteiger partial charge in [0.25, 0.3) is 0 Å². The maximum absolute atomic E-state index is 12.9. The molecular formula is C17H12FN3O3. The Bertz CT molecular complexity index is 881. The van der Waals surface area contributed by atoms with Crippen molar-refractivity contribution in [1.82, 2.24) is 10.2 Å². The lowest BCUT2D eigenvalue weighted by Gasteiger charge is -2.08. The Labute approximate surface area is 136 Å². The minimum Gasteiger partial charge on any atom is -0.506 e. The second kappa shape index (κ2) is 6.33. The van der Waals surface area contributed by atoms with Crippen LogP contribution in [0.2, 0.25) is 0 Å². The van der Waals surface area contributed by atoms with E-state index in [0.717, 1.165) is 0 Å². The number of aromatic hydroxyl groups is 1. The van der Waals surface area contributed by atoms with Crippen molar-refractivity contribution in [3.63, 3.8) is 0 Å². The van der Waals surface area contributed by atoms with Gasteiger partial charge in [-0.15, -0.1) is 10.2 Å². The number of carbonyl (C=O) groups is 1. The van der Waals surface area contributed by atoms with E-state index in [1.54, 1.807) is 24.3 Å². The van der Waals surface area contributed by atoms with Crippen LogP contribution in [0.3, 0.4) is 0 Å². The minimum atomic E-state index is -1.10. The third kappa shape index (κ3) is 3.30. The highest BCUT2D eigenvalue weighted by atomic mass is 19.1. The molecule has 7 heteroatoms. The van der Waals surface area contributed by atoms with Crippen LogP contribution in [0, 0.1) is 5.82 Å². The largest absolute Gasteiger partial charge is 0.506 e. The first-order valence-corrected chi connectivity index (χ1v) is 6.96. The number of phenolic OH excluding ortho intramolecular Hbond substituents is 1. The van der Waals surface area contributed by atoms with E-state index in [9.17, 15) is 14.3 Å². The van der Waals surface area contributed by atoms with Crippen LogP contribution in [0.25, 0.3) is 11.3 Å². The average Bonchev–Trinajstić information content (AvgIpc) is 2.58. The molecule has 2 aromatic carbocycles. The molecule has 3 N–H and O–H groups in total. The predicted octanol–water partition coefficient (Wildman–Crippen LogP) is 3.43. The monoisotopic (exact) mass is 325 g/mol.